The van der Waals surface area contributed by atoms with Gasteiger partial charge in [-0.1, -0.05) is 36.2 Å². The topological polar surface area (TPSA) is 97.9 Å². The minimum absolute atomic E-state index is 0.00888. The summed E-state index contributed by atoms with van der Waals surface area (Å²) in [4.78, 5) is 31.5. The third kappa shape index (κ3) is 4.49. The molecule has 1 aliphatic rings. The van der Waals surface area contributed by atoms with Gasteiger partial charge in [0.15, 0.2) is 0 Å². The number of halogens is 2. The lowest BCUT2D eigenvalue weighted by molar-refractivity contribution is 0.0686. The molecule has 0 aliphatic carbocycles. The van der Waals surface area contributed by atoms with E-state index in [4.69, 9.17) is 23.2 Å². The Morgan fingerprint density at radius 2 is 1.88 bits per heavy atom. The molecule has 1 N–H and O–H groups in total. The molecular formula is C21H23Cl2N7O2. The Bertz CT molecular complexity index is 1130. The largest absolute Gasteiger partial charge is 0.349 e. The number of carbonyl (C=O) groups excluding carboxylic acids is 2. The molecule has 9 nitrogen and oxygen atoms in total. The highest BCUT2D eigenvalue weighted by Gasteiger charge is 2.28. The van der Waals surface area contributed by atoms with E-state index in [0.29, 0.717) is 59.5 Å². The number of aryl methyl sites for hydroxylation is 2. The van der Waals surface area contributed by atoms with Crippen molar-refractivity contribution in [3.63, 3.8) is 0 Å². The maximum Gasteiger partial charge on any atom is 0.293 e. The van der Waals surface area contributed by atoms with Gasteiger partial charge >= 0.3 is 0 Å². The number of nitrogens with one attached hydrogen (secondary N) is 1. The number of likely N-dealkylation sites (tertiary alicyclic amines) is 1. The molecule has 2 amide bonds. The number of amides is 2. The van der Waals surface area contributed by atoms with Gasteiger partial charge in [-0.05, 0) is 25.0 Å². The molecule has 1 aromatic carbocycles. The number of hydrogen-bond acceptors (Lipinski definition) is 5. The zero-order valence-corrected chi connectivity index (χ0v) is 19.3. The van der Waals surface area contributed by atoms with E-state index in [2.05, 4.69) is 20.5 Å². The molecule has 3 aromatic rings. The summed E-state index contributed by atoms with van der Waals surface area (Å²) in [6.07, 6.45) is 5.06. The lowest BCUT2D eigenvalue weighted by Gasteiger charge is -2.31. The van der Waals surface area contributed by atoms with Crippen molar-refractivity contribution in [1.29, 1.82) is 0 Å². The van der Waals surface area contributed by atoms with Crippen LogP contribution in [0.2, 0.25) is 10.0 Å². The number of rotatable bonds is 5. The summed E-state index contributed by atoms with van der Waals surface area (Å²) < 4.78 is 3.13. The monoisotopic (exact) mass is 475 g/mol. The van der Waals surface area contributed by atoms with Crippen molar-refractivity contribution in [3.05, 3.63) is 57.9 Å². The number of hydrogen-bond donors (Lipinski definition) is 1. The average molecular weight is 476 g/mol. The molecule has 168 valence electrons. The van der Waals surface area contributed by atoms with E-state index in [9.17, 15) is 9.59 Å². The summed E-state index contributed by atoms with van der Waals surface area (Å²) in [7, 11) is 1.76. The van der Waals surface area contributed by atoms with Gasteiger partial charge in [-0.3, -0.25) is 14.3 Å². The van der Waals surface area contributed by atoms with Gasteiger partial charge in [0.1, 0.15) is 11.5 Å². The maximum absolute atomic E-state index is 13.1. The van der Waals surface area contributed by atoms with E-state index >= 15 is 0 Å². The smallest absolute Gasteiger partial charge is 0.293 e. The number of benzene rings is 1. The molecule has 0 saturated carbocycles. The Hall–Kier alpha value is -2.91. The second kappa shape index (κ2) is 9.30. The molecule has 0 unspecified atom stereocenters. The summed E-state index contributed by atoms with van der Waals surface area (Å²) in [5, 5.41) is 12.3. The highest BCUT2D eigenvalue weighted by molar-refractivity contribution is 6.37. The van der Waals surface area contributed by atoms with E-state index in [1.54, 1.807) is 45.7 Å². The van der Waals surface area contributed by atoms with Gasteiger partial charge in [0.05, 0.1) is 21.8 Å². The van der Waals surface area contributed by atoms with Crippen LogP contribution in [0.3, 0.4) is 0 Å². The van der Waals surface area contributed by atoms with E-state index in [1.165, 1.54) is 6.20 Å². The molecule has 4 rings (SSSR count). The number of carbonyl (C=O) groups is 2. The average Bonchev–Trinajstić information content (AvgIpc) is 3.40. The lowest BCUT2D eigenvalue weighted by atomic mass is 10.0. The maximum atomic E-state index is 13.1. The van der Waals surface area contributed by atoms with Crippen molar-refractivity contribution in [3.8, 4) is 5.69 Å². The van der Waals surface area contributed by atoms with Crippen LogP contribution < -0.4 is 5.32 Å². The SMILES string of the molecule is CCc1nc(C(=O)N2CCC(NC(=O)c3cnn(C)c3)CC2)nn1-c1c(Cl)cccc1Cl. The fourth-order valence-corrected chi connectivity index (χ4v) is 4.27. The summed E-state index contributed by atoms with van der Waals surface area (Å²) >= 11 is 12.7. The quantitative estimate of drug-likeness (QED) is 0.611. The van der Waals surface area contributed by atoms with Crippen molar-refractivity contribution >= 4 is 35.0 Å². The molecule has 1 aliphatic heterocycles. The van der Waals surface area contributed by atoms with Crippen molar-refractivity contribution in [2.75, 3.05) is 13.1 Å². The number of aromatic nitrogens is 5. The third-order valence-corrected chi connectivity index (χ3v) is 6.03. The molecule has 1 saturated heterocycles. The summed E-state index contributed by atoms with van der Waals surface area (Å²) in [5.41, 5.74) is 1.03. The second-order valence-corrected chi connectivity index (χ2v) is 8.44. The Kier molecular flexibility index (Phi) is 6.48. The minimum atomic E-state index is -0.251. The van der Waals surface area contributed by atoms with Crippen LogP contribution in [0.1, 0.15) is 46.6 Å². The van der Waals surface area contributed by atoms with E-state index in [0.717, 1.165) is 0 Å². The van der Waals surface area contributed by atoms with Crippen LogP contribution >= 0.6 is 23.2 Å². The molecule has 0 spiro atoms. The fourth-order valence-electron chi connectivity index (χ4n) is 3.71. The van der Waals surface area contributed by atoms with Crippen LogP contribution in [-0.4, -0.2) is 60.4 Å². The van der Waals surface area contributed by atoms with Crippen molar-refractivity contribution < 1.29 is 9.59 Å². The van der Waals surface area contributed by atoms with Crippen LogP contribution in [-0.2, 0) is 13.5 Å². The molecular weight excluding hydrogens is 453 g/mol. The van der Waals surface area contributed by atoms with E-state index < -0.39 is 0 Å². The van der Waals surface area contributed by atoms with Gasteiger partial charge < -0.3 is 10.2 Å². The number of para-hydroxylation sites is 1. The van der Waals surface area contributed by atoms with Gasteiger partial charge in [-0.15, -0.1) is 5.10 Å². The Labute approximate surface area is 195 Å². The van der Waals surface area contributed by atoms with Crippen molar-refractivity contribution in [1.82, 2.24) is 34.8 Å². The molecule has 3 heterocycles. The zero-order chi connectivity index (χ0) is 22.8. The van der Waals surface area contributed by atoms with E-state index in [-0.39, 0.29) is 23.7 Å². The van der Waals surface area contributed by atoms with E-state index in [1.807, 2.05) is 6.92 Å². The van der Waals surface area contributed by atoms with Crippen LogP contribution in [0.15, 0.2) is 30.6 Å². The highest BCUT2D eigenvalue weighted by Crippen LogP contribution is 2.29. The zero-order valence-electron chi connectivity index (χ0n) is 17.8. The lowest BCUT2D eigenvalue weighted by Crippen LogP contribution is -2.46. The van der Waals surface area contributed by atoms with Gasteiger partial charge in [0.25, 0.3) is 11.8 Å². The Morgan fingerprint density at radius 3 is 2.47 bits per heavy atom. The first kappa shape index (κ1) is 22.3. The molecule has 32 heavy (non-hydrogen) atoms. The molecule has 11 heteroatoms. The van der Waals surface area contributed by atoms with Crippen LogP contribution in [0.4, 0.5) is 0 Å². The van der Waals surface area contributed by atoms with Crippen LogP contribution in [0, 0.1) is 0 Å². The predicted molar refractivity (Wildman–Crippen MR) is 120 cm³/mol. The molecule has 0 bridgehead atoms. The second-order valence-electron chi connectivity index (χ2n) is 7.63. The Morgan fingerprint density at radius 1 is 1.19 bits per heavy atom. The summed E-state index contributed by atoms with van der Waals surface area (Å²) in [6.45, 7) is 2.93. The molecule has 1 fully saturated rings. The molecule has 0 radical (unpaired) electrons. The fraction of sp³-hybridized carbons (Fsp3) is 0.381. The van der Waals surface area contributed by atoms with Crippen molar-refractivity contribution in [2.24, 2.45) is 7.05 Å². The first-order valence-electron chi connectivity index (χ1n) is 10.4. The minimum Gasteiger partial charge on any atom is -0.349 e. The van der Waals surface area contributed by atoms with Crippen molar-refractivity contribution in [2.45, 2.75) is 32.2 Å². The highest BCUT2D eigenvalue weighted by atomic mass is 35.5. The number of nitrogens with zero attached hydrogens (tertiary/aromatic N) is 6. The number of piperidine rings is 1. The predicted octanol–water partition coefficient (Wildman–Crippen LogP) is 2.90. The first-order valence-corrected chi connectivity index (χ1v) is 11.1. The van der Waals surface area contributed by atoms with Gasteiger partial charge in [0, 0.05) is 38.8 Å². The van der Waals surface area contributed by atoms with Crippen LogP contribution in [0.25, 0.3) is 5.69 Å². The van der Waals surface area contributed by atoms with Gasteiger partial charge in [0.2, 0.25) is 5.82 Å². The normalized spacial score (nSPS) is 14.6. The van der Waals surface area contributed by atoms with Gasteiger partial charge in [-0.25, -0.2) is 9.67 Å². The molecule has 0 atom stereocenters. The summed E-state index contributed by atoms with van der Waals surface area (Å²) in [5.74, 6) is 0.295. The van der Waals surface area contributed by atoms with Gasteiger partial charge in [-0.2, -0.15) is 5.10 Å². The first-order chi connectivity index (χ1) is 15.4. The molecule has 2 aromatic heterocycles. The third-order valence-electron chi connectivity index (χ3n) is 5.42. The Balaban J connectivity index is 1.43. The standard InChI is InChI=1S/C21H23Cl2N7O2/c1-3-17-26-19(27-30(17)18-15(22)5-4-6-16(18)23)21(32)29-9-7-14(8-10-29)25-20(31)13-11-24-28(2)12-13/h4-6,11-12,14H,3,7-10H2,1-2H3,(H,25,31). The summed E-state index contributed by atoms with van der Waals surface area (Å²) in [6, 6.07) is 5.18. The van der Waals surface area contributed by atoms with Crippen LogP contribution in [0.5, 0.6) is 0 Å².